The molecule has 43 heavy (non-hydrogen) atoms. The Labute approximate surface area is 259 Å². The third-order valence-corrected chi connectivity index (χ3v) is 8.24. The lowest BCUT2D eigenvalue weighted by Crippen LogP contribution is -2.50. The predicted octanol–water partition coefficient (Wildman–Crippen LogP) is 2.40. The van der Waals surface area contributed by atoms with Crippen molar-refractivity contribution in [2.24, 2.45) is 5.92 Å². The molecule has 0 unspecified atom stereocenters. The van der Waals surface area contributed by atoms with Crippen LogP contribution in [0.1, 0.15) is 76.2 Å². The Morgan fingerprint density at radius 1 is 1.07 bits per heavy atom. The van der Waals surface area contributed by atoms with Crippen molar-refractivity contribution in [1.82, 2.24) is 36.1 Å². The minimum atomic E-state index is -0.668. The lowest BCUT2D eigenvalue weighted by molar-refractivity contribution is -0.137. The molecule has 0 radical (unpaired) electrons. The number of benzene rings is 1. The van der Waals surface area contributed by atoms with Gasteiger partial charge in [-0.1, -0.05) is 44.2 Å². The van der Waals surface area contributed by atoms with E-state index < -0.39 is 23.9 Å². The van der Waals surface area contributed by atoms with E-state index in [-0.39, 0.29) is 73.1 Å². The zero-order valence-corrected chi connectivity index (χ0v) is 25.6. The highest BCUT2D eigenvalue weighted by molar-refractivity contribution is 7.09. The Kier molecular flexibility index (Phi) is 10.9. The SMILES string of the molecule is CC(C)[C@@H]1NC(=O)CN(C(=O)[C@H]2CCCN2)CCNC(=O)c2coc(n2)[C@H](Cc2ccccc2)NC(=O)c2csc1n2.Cl. The number of carbonyl (C=O) groups excluding carboxylic acids is 4. The third kappa shape index (κ3) is 7.98. The number of rotatable bonds is 4. The van der Waals surface area contributed by atoms with Crippen LogP contribution in [0.25, 0.3) is 0 Å². The van der Waals surface area contributed by atoms with E-state index in [4.69, 9.17) is 4.42 Å². The van der Waals surface area contributed by atoms with Gasteiger partial charge in [-0.05, 0) is 30.9 Å². The number of thiazole rings is 1. The van der Waals surface area contributed by atoms with Gasteiger partial charge in [0.2, 0.25) is 17.7 Å². The molecule has 0 saturated carbocycles. The second-order valence-corrected chi connectivity index (χ2v) is 11.7. The van der Waals surface area contributed by atoms with Crippen molar-refractivity contribution in [3.63, 3.8) is 0 Å². The molecule has 230 valence electrons. The number of fused-ring (bicyclic) bond motifs is 4. The van der Waals surface area contributed by atoms with Crippen molar-refractivity contribution in [2.75, 3.05) is 26.2 Å². The number of oxazole rings is 1. The Hall–Kier alpha value is -3.81. The summed E-state index contributed by atoms with van der Waals surface area (Å²) in [6.07, 6.45) is 3.19. The van der Waals surface area contributed by atoms with E-state index in [1.165, 1.54) is 22.5 Å². The molecule has 12 nitrogen and oxygen atoms in total. The molecule has 2 aliphatic rings. The number of amides is 4. The largest absolute Gasteiger partial charge is 0.446 e. The smallest absolute Gasteiger partial charge is 0.273 e. The average molecular weight is 630 g/mol. The zero-order chi connectivity index (χ0) is 29.6. The van der Waals surface area contributed by atoms with Crippen LogP contribution in [0.4, 0.5) is 0 Å². The molecule has 0 aliphatic carbocycles. The molecule has 3 atom stereocenters. The van der Waals surface area contributed by atoms with E-state index in [0.29, 0.717) is 17.8 Å². The van der Waals surface area contributed by atoms with Crippen LogP contribution in [-0.2, 0) is 16.0 Å². The molecule has 2 aromatic heterocycles. The van der Waals surface area contributed by atoms with E-state index in [1.807, 2.05) is 44.2 Å². The summed E-state index contributed by atoms with van der Waals surface area (Å²) in [5.74, 6) is -1.30. The van der Waals surface area contributed by atoms with Gasteiger partial charge in [0.15, 0.2) is 5.69 Å². The van der Waals surface area contributed by atoms with Gasteiger partial charge in [0.1, 0.15) is 23.0 Å². The minimum absolute atomic E-state index is 0. The molecule has 4 bridgehead atoms. The molecule has 4 amide bonds. The predicted molar refractivity (Wildman–Crippen MR) is 162 cm³/mol. The molecular formula is C29H36ClN7O5S. The van der Waals surface area contributed by atoms with Gasteiger partial charge in [0.25, 0.3) is 11.8 Å². The fourth-order valence-corrected chi connectivity index (χ4v) is 6.07. The van der Waals surface area contributed by atoms with Gasteiger partial charge in [-0.2, -0.15) is 0 Å². The highest BCUT2D eigenvalue weighted by Crippen LogP contribution is 2.26. The lowest BCUT2D eigenvalue weighted by atomic mass is 10.0. The van der Waals surface area contributed by atoms with E-state index >= 15 is 0 Å². The fourth-order valence-electron chi connectivity index (χ4n) is 5.05. The number of nitrogens with zero attached hydrogens (tertiary/aromatic N) is 3. The fraction of sp³-hybridized carbons (Fsp3) is 0.448. The quantitative estimate of drug-likeness (QED) is 0.343. The van der Waals surface area contributed by atoms with Crippen molar-refractivity contribution in [2.45, 2.75) is 51.2 Å². The minimum Gasteiger partial charge on any atom is -0.446 e. The maximum atomic E-state index is 13.3. The first-order chi connectivity index (χ1) is 20.3. The van der Waals surface area contributed by atoms with E-state index in [0.717, 1.165) is 18.5 Å². The van der Waals surface area contributed by atoms with Gasteiger partial charge < -0.3 is 30.6 Å². The second kappa shape index (κ2) is 14.6. The van der Waals surface area contributed by atoms with E-state index in [1.54, 1.807) is 5.38 Å². The molecule has 1 saturated heterocycles. The number of aromatic nitrogens is 2. The topological polar surface area (TPSA) is 159 Å². The van der Waals surface area contributed by atoms with Crippen LogP contribution in [0.3, 0.4) is 0 Å². The second-order valence-electron chi connectivity index (χ2n) is 10.8. The van der Waals surface area contributed by atoms with Crippen LogP contribution in [-0.4, -0.2) is 70.7 Å². The summed E-state index contributed by atoms with van der Waals surface area (Å²) in [6.45, 7) is 4.72. The summed E-state index contributed by atoms with van der Waals surface area (Å²) in [5.41, 5.74) is 1.18. The zero-order valence-electron chi connectivity index (χ0n) is 24.0. The Morgan fingerprint density at radius 3 is 2.58 bits per heavy atom. The monoisotopic (exact) mass is 629 g/mol. The van der Waals surface area contributed by atoms with Crippen molar-refractivity contribution in [3.05, 3.63) is 69.8 Å². The lowest BCUT2D eigenvalue weighted by Gasteiger charge is -2.27. The van der Waals surface area contributed by atoms with Crippen LogP contribution in [0.15, 0.2) is 46.4 Å². The van der Waals surface area contributed by atoms with Gasteiger partial charge in [0, 0.05) is 24.9 Å². The highest BCUT2D eigenvalue weighted by atomic mass is 35.5. The summed E-state index contributed by atoms with van der Waals surface area (Å²) < 4.78 is 5.68. The van der Waals surface area contributed by atoms with Crippen LogP contribution < -0.4 is 21.3 Å². The van der Waals surface area contributed by atoms with Crippen molar-refractivity contribution >= 4 is 47.4 Å². The molecule has 4 N–H and O–H groups in total. The molecule has 1 aromatic carbocycles. The normalized spacial score (nSPS) is 21.7. The number of hydrogen-bond acceptors (Lipinski definition) is 9. The summed E-state index contributed by atoms with van der Waals surface area (Å²) in [4.78, 5) is 63.2. The number of halogens is 1. The first kappa shape index (κ1) is 32.1. The summed E-state index contributed by atoms with van der Waals surface area (Å²) in [7, 11) is 0. The molecule has 14 heteroatoms. The molecule has 4 heterocycles. The van der Waals surface area contributed by atoms with Crippen molar-refractivity contribution < 1.29 is 23.6 Å². The molecule has 0 spiro atoms. The van der Waals surface area contributed by atoms with Crippen LogP contribution >= 0.6 is 23.7 Å². The van der Waals surface area contributed by atoms with Crippen molar-refractivity contribution in [1.29, 1.82) is 0 Å². The van der Waals surface area contributed by atoms with Crippen LogP contribution in [0.2, 0.25) is 0 Å². The maximum Gasteiger partial charge on any atom is 0.273 e. The van der Waals surface area contributed by atoms with Gasteiger partial charge in [-0.3, -0.25) is 19.2 Å². The Morgan fingerprint density at radius 2 is 1.86 bits per heavy atom. The molecule has 2 aliphatic heterocycles. The van der Waals surface area contributed by atoms with Crippen LogP contribution in [0.5, 0.6) is 0 Å². The maximum absolute atomic E-state index is 13.3. The van der Waals surface area contributed by atoms with Crippen LogP contribution in [0, 0.1) is 5.92 Å². The van der Waals surface area contributed by atoms with E-state index in [9.17, 15) is 19.2 Å². The molecule has 3 aromatic rings. The highest BCUT2D eigenvalue weighted by Gasteiger charge is 2.31. The number of hydrogen-bond donors (Lipinski definition) is 4. The summed E-state index contributed by atoms with van der Waals surface area (Å²) in [5, 5.41) is 14.2. The van der Waals surface area contributed by atoms with Gasteiger partial charge in [-0.25, -0.2) is 9.97 Å². The summed E-state index contributed by atoms with van der Waals surface area (Å²) >= 11 is 1.28. The summed E-state index contributed by atoms with van der Waals surface area (Å²) in [6, 6.07) is 8.06. The van der Waals surface area contributed by atoms with E-state index in [2.05, 4.69) is 31.2 Å². The molecular weight excluding hydrogens is 594 g/mol. The van der Waals surface area contributed by atoms with Gasteiger partial charge in [0.05, 0.1) is 18.6 Å². The first-order valence-electron chi connectivity index (χ1n) is 14.1. The Bertz CT molecular complexity index is 1420. The molecule has 1 fully saturated rings. The number of nitrogens with one attached hydrogen (secondary N) is 4. The van der Waals surface area contributed by atoms with Crippen molar-refractivity contribution in [3.8, 4) is 0 Å². The first-order valence-corrected chi connectivity index (χ1v) is 15.0. The third-order valence-electron chi connectivity index (χ3n) is 7.32. The average Bonchev–Trinajstić information content (AvgIpc) is 3.77. The van der Waals surface area contributed by atoms with Gasteiger partial charge >= 0.3 is 0 Å². The molecule has 5 rings (SSSR count). The standard InChI is InChI=1S/C29H35N7O5S.ClH/c1-17(2)24-28-34-22(16-42-28)26(39)32-20(13-18-7-4-3-5-8-18)27-33-21(15-41-27)25(38)31-11-12-36(14-23(37)35-24)29(40)19-9-6-10-30-19;/h3-5,7-8,15-17,19-20,24,30H,6,9-14H2,1-2H3,(H,31,38)(H,32,39)(H,35,37);1H/t19-,20+,24+;/m1./s1. The Balaban J connectivity index is 0.00000423. The van der Waals surface area contributed by atoms with Gasteiger partial charge in [-0.15, -0.1) is 23.7 Å². The number of carbonyl (C=O) groups is 4.